The van der Waals surface area contributed by atoms with E-state index in [0.717, 1.165) is 18.9 Å². The van der Waals surface area contributed by atoms with Crippen molar-refractivity contribution in [3.05, 3.63) is 0 Å². The van der Waals surface area contributed by atoms with Gasteiger partial charge in [-0.25, -0.2) is 0 Å². The van der Waals surface area contributed by atoms with Crippen molar-refractivity contribution >= 4 is 18.9 Å². The lowest BCUT2D eigenvalue weighted by molar-refractivity contribution is -0.106. The Kier molecular flexibility index (Phi) is 224. The van der Waals surface area contributed by atoms with Crippen LogP contribution >= 0.6 is 0 Å². The van der Waals surface area contributed by atoms with E-state index in [1.165, 1.54) is 20.8 Å². The summed E-state index contributed by atoms with van der Waals surface area (Å²) in [4.78, 5) is 26.4. The summed E-state index contributed by atoms with van der Waals surface area (Å²) < 4.78 is 0. The van der Waals surface area contributed by atoms with Crippen molar-refractivity contribution in [1.29, 1.82) is 0 Å². The molecular formula is C7H16O3. The number of hydrogen-bond acceptors (Lipinski definition) is 3. The Balaban J connectivity index is -0.0000000257. The molecule has 0 saturated carbocycles. The number of carbonyl (C=O) groups excluding carboxylic acids is 3. The molecule has 0 aromatic heterocycles. The van der Waals surface area contributed by atoms with Crippen LogP contribution in [-0.4, -0.2) is 18.9 Å². The first-order chi connectivity index (χ1) is 4.24. The molecule has 0 aromatic carbocycles. The smallest absolute Gasteiger partial charge is 0.116 e. The van der Waals surface area contributed by atoms with E-state index in [9.17, 15) is 0 Å². The summed E-state index contributed by atoms with van der Waals surface area (Å²) in [7, 11) is 0. The van der Waals surface area contributed by atoms with Crippen molar-refractivity contribution in [2.24, 2.45) is 0 Å². The Morgan fingerprint density at radius 3 is 0.700 bits per heavy atom. The van der Waals surface area contributed by atoms with Gasteiger partial charge in [0.05, 0.1) is 0 Å². The van der Waals surface area contributed by atoms with Crippen molar-refractivity contribution in [3.8, 4) is 0 Å². The molecule has 0 bridgehead atoms. The summed E-state index contributed by atoms with van der Waals surface area (Å²) in [6.45, 7) is 4.33. The largest absolute Gasteiger partial charge is 0.304 e. The van der Waals surface area contributed by atoms with Crippen molar-refractivity contribution < 1.29 is 14.4 Å². The molecule has 0 aromatic rings. The summed E-state index contributed by atoms with van der Waals surface area (Å²) >= 11 is 0. The summed E-state index contributed by atoms with van der Waals surface area (Å²) in [5.41, 5.74) is 0. The van der Waals surface area contributed by atoms with Crippen molar-refractivity contribution in [3.63, 3.8) is 0 Å². The molecule has 3 nitrogen and oxygen atoms in total. The van der Waals surface area contributed by atoms with Crippen LogP contribution in [0, 0.1) is 0 Å². The van der Waals surface area contributed by atoms with Crippen LogP contribution < -0.4 is 0 Å². The zero-order valence-electron chi connectivity index (χ0n) is 5.96. The summed E-state index contributed by atoms with van der Waals surface area (Å²) in [6.07, 6.45) is 2.25. The highest BCUT2D eigenvalue weighted by Gasteiger charge is 1.25. The molecule has 0 N–H and O–H groups in total. The highest BCUT2D eigenvalue weighted by Crippen LogP contribution is 1.13. The first-order valence-electron chi connectivity index (χ1n) is 2.44. The molecule has 0 radical (unpaired) electrons. The van der Waals surface area contributed by atoms with E-state index in [-0.39, 0.29) is 7.43 Å². The third kappa shape index (κ3) is 258. The molecule has 0 heterocycles. The minimum Gasteiger partial charge on any atom is -0.304 e. The average Bonchev–Trinajstić information content (AvgIpc) is 1.70. The van der Waals surface area contributed by atoms with Gasteiger partial charge in [0, 0.05) is 0 Å². The Morgan fingerprint density at radius 1 is 0.700 bits per heavy atom. The lowest BCUT2D eigenvalue weighted by atomic mass is 11.0. The predicted octanol–water partition coefficient (Wildman–Crippen LogP) is 1.25. The number of carbonyl (C=O) groups is 3. The van der Waals surface area contributed by atoms with Gasteiger partial charge < -0.3 is 14.4 Å². The first-order valence-corrected chi connectivity index (χ1v) is 2.44. The van der Waals surface area contributed by atoms with Gasteiger partial charge in [0.15, 0.2) is 0 Å². The Morgan fingerprint density at radius 2 is 0.700 bits per heavy atom. The van der Waals surface area contributed by atoms with E-state index < -0.39 is 0 Å². The van der Waals surface area contributed by atoms with E-state index in [1.54, 1.807) is 0 Å². The van der Waals surface area contributed by atoms with E-state index in [4.69, 9.17) is 14.4 Å². The van der Waals surface area contributed by atoms with Crippen LogP contribution in [0.4, 0.5) is 0 Å². The highest BCUT2D eigenvalue weighted by molar-refractivity contribution is 5.44. The monoisotopic (exact) mass is 148 g/mol. The van der Waals surface area contributed by atoms with Gasteiger partial charge in [-0.1, -0.05) is 7.43 Å². The van der Waals surface area contributed by atoms with Crippen LogP contribution in [-0.2, 0) is 14.4 Å². The molecule has 0 rings (SSSR count). The molecule has 0 unspecified atom stereocenters. The minimum atomic E-state index is 0. The van der Waals surface area contributed by atoms with Crippen LogP contribution in [0.25, 0.3) is 0 Å². The normalized spacial score (nSPS) is 3.90. The maximum Gasteiger partial charge on any atom is 0.116 e. The molecule has 0 aliphatic carbocycles. The molecule has 10 heavy (non-hydrogen) atoms. The van der Waals surface area contributed by atoms with Crippen LogP contribution in [0.5, 0.6) is 0 Å². The molecule has 0 atom stereocenters. The van der Waals surface area contributed by atoms with Gasteiger partial charge in [-0.15, -0.1) is 0 Å². The lowest BCUT2D eigenvalue weighted by Crippen LogP contribution is -1.36. The van der Waals surface area contributed by atoms with Gasteiger partial charge in [0.1, 0.15) is 18.9 Å². The lowest BCUT2D eigenvalue weighted by Gasteiger charge is -1.24. The van der Waals surface area contributed by atoms with Crippen LogP contribution in [0.3, 0.4) is 0 Å². The fourth-order valence-electron chi connectivity index (χ4n) is 0. The van der Waals surface area contributed by atoms with E-state index >= 15 is 0 Å². The van der Waals surface area contributed by atoms with Gasteiger partial charge >= 0.3 is 0 Å². The molecule has 0 amide bonds. The fraction of sp³-hybridized carbons (Fsp3) is 0.571. The highest BCUT2D eigenvalue weighted by atomic mass is 16.1. The molecule has 0 saturated heterocycles. The number of rotatable bonds is 0. The second-order valence-corrected chi connectivity index (χ2v) is 0.707. The quantitative estimate of drug-likeness (QED) is 0.486. The summed E-state index contributed by atoms with van der Waals surface area (Å²) in [5.74, 6) is 0. The van der Waals surface area contributed by atoms with Crippen molar-refractivity contribution in [2.45, 2.75) is 28.2 Å². The van der Waals surface area contributed by atoms with E-state index in [2.05, 4.69) is 0 Å². The molecule has 0 aliphatic heterocycles. The van der Waals surface area contributed by atoms with Crippen molar-refractivity contribution in [2.75, 3.05) is 0 Å². The standard InChI is InChI=1S/3C2H4O.CH4/c3*1-2-3;/h3*2H,1H3;1H4. The van der Waals surface area contributed by atoms with E-state index in [0.29, 0.717) is 0 Å². The van der Waals surface area contributed by atoms with Crippen LogP contribution in [0.2, 0.25) is 0 Å². The van der Waals surface area contributed by atoms with Crippen LogP contribution in [0.15, 0.2) is 0 Å². The molecular weight excluding hydrogens is 132 g/mol. The van der Waals surface area contributed by atoms with Gasteiger partial charge in [0.25, 0.3) is 0 Å². The molecule has 62 valence electrons. The van der Waals surface area contributed by atoms with Gasteiger partial charge in [-0.3, -0.25) is 0 Å². The third-order valence-corrected chi connectivity index (χ3v) is 0. The summed E-state index contributed by atoms with van der Waals surface area (Å²) in [6, 6.07) is 0. The second kappa shape index (κ2) is 97.4. The van der Waals surface area contributed by atoms with E-state index in [1.807, 2.05) is 0 Å². The second-order valence-electron chi connectivity index (χ2n) is 0.707. The summed E-state index contributed by atoms with van der Waals surface area (Å²) in [5, 5.41) is 0. The third-order valence-electron chi connectivity index (χ3n) is 0. The maximum atomic E-state index is 8.81. The van der Waals surface area contributed by atoms with Crippen molar-refractivity contribution in [1.82, 2.24) is 0 Å². The SMILES string of the molecule is C.CC=O.CC=O.CC=O. The number of hydrogen-bond donors (Lipinski definition) is 0. The Bertz CT molecular complexity index is 45.6. The first kappa shape index (κ1) is 23.0. The molecule has 0 fully saturated rings. The Labute approximate surface area is 62.4 Å². The molecule has 0 spiro atoms. The zero-order chi connectivity index (χ0) is 8.12. The molecule has 0 aliphatic rings. The van der Waals surface area contributed by atoms with Crippen LogP contribution in [0.1, 0.15) is 28.2 Å². The van der Waals surface area contributed by atoms with Gasteiger partial charge in [-0.05, 0) is 20.8 Å². The number of aldehydes is 3. The van der Waals surface area contributed by atoms with Gasteiger partial charge in [-0.2, -0.15) is 0 Å². The minimum absolute atomic E-state index is 0. The maximum absolute atomic E-state index is 8.81. The predicted molar refractivity (Wildman–Crippen MR) is 41.9 cm³/mol. The fourth-order valence-corrected chi connectivity index (χ4v) is 0. The van der Waals surface area contributed by atoms with Gasteiger partial charge in [0.2, 0.25) is 0 Å². The average molecular weight is 148 g/mol. The topological polar surface area (TPSA) is 51.2 Å². The Hall–Kier alpha value is -0.990. The zero-order valence-corrected chi connectivity index (χ0v) is 5.96. The molecule has 3 heteroatoms.